The highest BCUT2D eigenvalue weighted by Crippen LogP contribution is 2.24. The number of ether oxygens (including phenoxy) is 1. The summed E-state index contributed by atoms with van der Waals surface area (Å²) in [6.45, 7) is 8.23. The number of fused-ring (bicyclic) bond motifs is 1. The lowest BCUT2D eigenvalue weighted by atomic mass is 9.92. The molecule has 0 saturated carbocycles. The minimum absolute atomic E-state index is 0.0858. The summed E-state index contributed by atoms with van der Waals surface area (Å²) in [6, 6.07) is 15.0. The van der Waals surface area contributed by atoms with E-state index < -0.39 is 5.41 Å². The lowest BCUT2D eigenvalue weighted by Crippen LogP contribution is -2.40. The minimum atomic E-state index is -0.475. The van der Waals surface area contributed by atoms with E-state index in [1.54, 1.807) is 27.7 Å². The van der Waals surface area contributed by atoms with Crippen LogP contribution in [-0.4, -0.2) is 58.2 Å². The predicted octanol–water partition coefficient (Wildman–Crippen LogP) is 3.82. The Hall–Kier alpha value is -2.97. The number of Topliss-reactive ketones (excluding diaryl/α,β-unsaturated/α-hetero) is 1. The van der Waals surface area contributed by atoms with Crippen molar-refractivity contribution < 1.29 is 14.3 Å². The maximum atomic E-state index is 13.5. The molecule has 0 bridgehead atoms. The summed E-state index contributed by atoms with van der Waals surface area (Å²) in [7, 11) is 0. The summed E-state index contributed by atoms with van der Waals surface area (Å²) in [5.74, 6) is 0.212. The number of amides is 1. The van der Waals surface area contributed by atoms with Crippen LogP contribution in [-0.2, 0) is 22.5 Å². The van der Waals surface area contributed by atoms with Crippen molar-refractivity contribution >= 4 is 34.4 Å². The summed E-state index contributed by atoms with van der Waals surface area (Å²) in [4.78, 5) is 45.6. The van der Waals surface area contributed by atoms with Crippen molar-refractivity contribution in [3.63, 3.8) is 0 Å². The largest absolute Gasteiger partial charge is 0.378 e. The van der Waals surface area contributed by atoms with Gasteiger partial charge in [-0.15, -0.1) is 0 Å². The first-order valence-electron chi connectivity index (χ1n) is 11.9. The zero-order valence-electron chi connectivity index (χ0n) is 20.5. The SMILES string of the molecule is CC(C)(C)C(=O)CSc1nc2cc(C(=O)N3CCOCC3)ccc2c(=O)n1CCc1ccccc1. The van der Waals surface area contributed by atoms with Crippen LogP contribution in [0.5, 0.6) is 0 Å². The molecule has 0 aliphatic carbocycles. The number of rotatable bonds is 7. The molecule has 184 valence electrons. The van der Waals surface area contributed by atoms with Gasteiger partial charge in [0, 0.05) is 30.6 Å². The zero-order valence-corrected chi connectivity index (χ0v) is 21.3. The van der Waals surface area contributed by atoms with Crippen LogP contribution in [0.1, 0.15) is 36.7 Å². The number of benzene rings is 2. The van der Waals surface area contributed by atoms with E-state index >= 15 is 0 Å². The van der Waals surface area contributed by atoms with Gasteiger partial charge in [-0.1, -0.05) is 62.9 Å². The van der Waals surface area contributed by atoms with Gasteiger partial charge in [-0.25, -0.2) is 4.98 Å². The number of morpholine rings is 1. The van der Waals surface area contributed by atoms with Gasteiger partial charge in [0.25, 0.3) is 11.5 Å². The van der Waals surface area contributed by atoms with Crippen LogP contribution in [0, 0.1) is 5.41 Å². The van der Waals surface area contributed by atoms with Crippen molar-refractivity contribution in [2.24, 2.45) is 5.41 Å². The molecule has 4 rings (SSSR count). The fraction of sp³-hybridized carbons (Fsp3) is 0.407. The Balaban J connectivity index is 1.69. The first-order valence-corrected chi connectivity index (χ1v) is 12.8. The molecule has 0 radical (unpaired) electrons. The van der Waals surface area contributed by atoms with E-state index in [2.05, 4.69) is 0 Å². The third-order valence-corrected chi connectivity index (χ3v) is 7.08. The number of ketones is 1. The van der Waals surface area contributed by atoms with Gasteiger partial charge in [0.2, 0.25) is 0 Å². The molecule has 0 unspecified atom stereocenters. The Morgan fingerprint density at radius 2 is 1.77 bits per heavy atom. The molecule has 2 aromatic carbocycles. The highest BCUT2D eigenvalue weighted by molar-refractivity contribution is 7.99. The van der Waals surface area contributed by atoms with Crippen LogP contribution in [0.2, 0.25) is 0 Å². The summed E-state index contributed by atoms with van der Waals surface area (Å²) in [6.07, 6.45) is 0.669. The van der Waals surface area contributed by atoms with Crippen LogP contribution < -0.4 is 5.56 Å². The van der Waals surface area contributed by atoms with Crippen molar-refractivity contribution in [2.45, 2.75) is 38.9 Å². The predicted molar refractivity (Wildman–Crippen MR) is 138 cm³/mol. The van der Waals surface area contributed by atoms with E-state index in [-0.39, 0.29) is 23.0 Å². The number of carbonyl (C=O) groups is 2. The van der Waals surface area contributed by atoms with Crippen molar-refractivity contribution in [1.29, 1.82) is 0 Å². The van der Waals surface area contributed by atoms with E-state index in [4.69, 9.17) is 9.72 Å². The van der Waals surface area contributed by atoms with Crippen molar-refractivity contribution in [3.05, 3.63) is 70.0 Å². The highest BCUT2D eigenvalue weighted by atomic mass is 32.2. The second-order valence-corrected chi connectivity index (χ2v) is 10.6. The minimum Gasteiger partial charge on any atom is -0.378 e. The molecule has 0 spiro atoms. The van der Waals surface area contributed by atoms with Gasteiger partial charge in [0.05, 0.1) is 29.9 Å². The Morgan fingerprint density at radius 1 is 1.06 bits per heavy atom. The van der Waals surface area contributed by atoms with Crippen molar-refractivity contribution in [2.75, 3.05) is 32.1 Å². The van der Waals surface area contributed by atoms with Crippen LogP contribution >= 0.6 is 11.8 Å². The molecule has 1 fully saturated rings. The highest BCUT2D eigenvalue weighted by Gasteiger charge is 2.23. The third-order valence-electron chi connectivity index (χ3n) is 6.10. The fourth-order valence-corrected chi connectivity index (χ4v) is 5.01. The molecule has 2 heterocycles. The van der Waals surface area contributed by atoms with Gasteiger partial charge in [-0.3, -0.25) is 19.0 Å². The Morgan fingerprint density at radius 3 is 2.46 bits per heavy atom. The second kappa shape index (κ2) is 10.7. The van der Waals surface area contributed by atoms with E-state index in [9.17, 15) is 14.4 Å². The molecular weight excluding hydrogens is 462 g/mol. The third kappa shape index (κ3) is 6.00. The van der Waals surface area contributed by atoms with Gasteiger partial charge in [-0.05, 0) is 30.2 Å². The second-order valence-electron chi connectivity index (χ2n) is 9.69. The van der Waals surface area contributed by atoms with Crippen LogP contribution in [0.25, 0.3) is 10.9 Å². The number of carbonyl (C=O) groups excluding carboxylic acids is 2. The molecule has 1 aliphatic rings. The molecule has 35 heavy (non-hydrogen) atoms. The topological polar surface area (TPSA) is 81.5 Å². The van der Waals surface area contributed by atoms with E-state index in [1.807, 2.05) is 51.1 Å². The quantitative estimate of drug-likeness (QED) is 0.368. The molecule has 1 aromatic heterocycles. The number of aromatic nitrogens is 2. The average Bonchev–Trinajstić information content (AvgIpc) is 2.86. The first kappa shape index (κ1) is 25.1. The Bertz CT molecular complexity index is 1280. The summed E-state index contributed by atoms with van der Waals surface area (Å²) in [5, 5.41) is 0.954. The van der Waals surface area contributed by atoms with Crippen molar-refractivity contribution in [1.82, 2.24) is 14.5 Å². The smallest absolute Gasteiger partial charge is 0.262 e. The molecule has 7 nitrogen and oxygen atoms in total. The Kier molecular flexibility index (Phi) is 7.72. The first-order chi connectivity index (χ1) is 16.7. The lowest BCUT2D eigenvalue weighted by Gasteiger charge is -2.26. The van der Waals surface area contributed by atoms with Gasteiger partial charge >= 0.3 is 0 Å². The van der Waals surface area contributed by atoms with Crippen molar-refractivity contribution in [3.8, 4) is 0 Å². The number of thioether (sulfide) groups is 1. The fourth-order valence-electron chi connectivity index (χ4n) is 3.82. The molecule has 1 amide bonds. The average molecular weight is 494 g/mol. The standard InChI is InChI=1S/C27H31N3O4S/c1-27(2,3)23(31)18-35-26-28-22-17-20(24(32)29-13-15-34-16-14-29)9-10-21(22)25(33)30(26)12-11-19-7-5-4-6-8-19/h4-10,17H,11-16,18H2,1-3H3. The molecule has 1 saturated heterocycles. The normalized spacial score (nSPS) is 14.3. The number of nitrogens with zero attached hydrogens (tertiary/aromatic N) is 3. The lowest BCUT2D eigenvalue weighted by molar-refractivity contribution is -0.123. The summed E-state index contributed by atoms with van der Waals surface area (Å²) in [5.41, 5.74) is 1.44. The molecule has 0 atom stereocenters. The van der Waals surface area contributed by atoms with Crippen LogP contribution in [0.15, 0.2) is 58.5 Å². The number of aryl methyl sites for hydroxylation is 1. The van der Waals surface area contributed by atoms with Gasteiger partial charge in [0.15, 0.2) is 5.16 Å². The van der Waals surface area contributed by atoms with Crippen LogP contribution in [0.3, 0.4) is 0 Å². The maximum Gasteiger partial charge on any atom is 0.262 e. The molecule has 8 heteroatoms. The molecule has 3 aromatic rings. The molecule has 1 aliphatic heterocycles. The zero-order chi connectivity index (χ0) is 25.0. The monoisotopic (exact) mass is 493 g/mol. The van der Waals surface area contributed by atoms with Gasteiger partial charge in [0.1, 0.15) is 5.78 Å². The van der Waals surface area contributed by atoms with Gasteiger partial charge < -0.3 is 9.64 Å². The van der Waals surface area contributed by atoms with E-state index in [1.165, 1.54) is 11.8 Å². The Labute approximate surface area is 209 Å². The number of hydrogen-bond acceptors (Lipinski definition) is 6. The van der Waals surface area contributed by atoms with E-state index in [0.717, 1.165) is 5.56 Å². The molecule has 0 N–H and O–H groups in total. The molecular formula is C27H31N3O4S. The number of hydrogen-bond donors (Lipinski definition) is 0. The van der Waals surface area contributed by atoms with Gasteiger partial charge in [-0.2, -0.15) is 0 Å². The van der Waals surface area contributed by atoms with Crippen LogP contribution in [0.4, 0.5) is 0 Å². The summed E-state index contributed by atoms with van der Waals surface area (Å²) < 4.78 is 7.00. The van der Waals surface area contributed by atoms with E-state index in [0.29, 0.717) is 60.9 Å². The summed E-state index contributed by atoms with van der Waals surface area (Å²) >= 11 is 1.28. The maximum absolute atomic E-state index is 13.5.